The van der Waals surface area contributed by atoms with E-state index in [4.69, 9.17) is 10.8 Å². The van der Waals surface area contributed by atoms with E-state index in [9.17, 15) is 4.79 Å². The highest BCUT2D eigenvalue weighted by Crippen LogP contribution is 2.31. The van der Waals surface area contributed by atoms with Crippen LogP contribution in [0.25, 0.3) is 11.2 Å². The van der Waals surface area contributed by atoms with Gasteiger partial charge in [-0.3, -0.25) is 4.79 Å². The molecule has 1 saturated heterocycles. The van der Waals surface area contributed by atoms with Crippen molar-refractivity contribution in [1.82, 2.24) is 24.6 Å². The molecular formula is C22H26N6O. The average Bonchev–Trinajstić information content (AvgIpc) is 3.39. The van der Waals surface area contributed by atoms with Gasteiger partial charge in [0.15, 0.2) is 5.65 Å². The highest BCUT2D eigenvalue weighted by atomic mass is 16.2. The zero-order valence-electron chi connectivity index (χ0n) is 16.5. The Morgan fingerprint density at radius 2 is 1.97 bits per heavy atom. The lowest BCUT2D eigenvalue weighted by Crippen LogP contribution is -2.28. The summed E-state index contributed by atoms with van der Waals surface area (Å²) in [7, 11) is 0. The maximum atomic E-state index is 13.1. The number of carbonyl (C=O) groups excluding carboxylic acids is 1. The largest absolute Gasteiger partial charge is 0.338 e. The average molecular weight is 390 g/mol. The summed E-state index contributed by atoms with van der Waals surface area (Å²) in [5, 5.41) is 4.76. The van der Waals surface area contributed by atoms with Crippen molar-refractivity contribution >= 4 is 17.1 Å². The number of aryl methyl sites for hydroxylation is 2. The predicted octanol–water partition coefficient (Wildman–Crippen LogP) is 2.29. The standard InChI is InChI=1S/C22H26N6O/c23-8-12-28-21-20(24-9-10-25-21)19(26-28)18-7-11-27(14-18)22(29)17-6-5-15-3-1-2-4-16(15)13-17/h5-6,9-10,13,18H,1-4,7-8,11-12,14,23H2/t18-/m1/s1. The van der Waals surface area contributed by atoms with Gasteiger partial charge in [0.05, 0.1) is 12.2 Å². The van der Waals surface area contributed by atoms with E-state index in [0.29, 0.717) is 19.6 Å². The summed E-state index contributed by atoms with van der Waals surface area (Å²) in [6, 6.07) is 6.25. The van der Waals surface area contributed by atoms with Crippen LogP contribution in [0.3, 0.4) is 0 Å². The maximum Gasteiger partial charge on any atom is 0.253 e. The van der Waals surface area contributed by atoms with Gasteiger partial charge in [0.25, 0.3) is 5.91 Å². The Morgan fingerprint density at radius 3 is 2.83 bits per heavy atom. The first kappa shape index (κ1) is 18.2. The number of amides is 1. The van der Waals surface area contributed by atoms with E-state index in [1.54, 1.807) is 12.4 Å². The Hall–Kier alpha value is -2.80. The molecule has 0 bridgehead atoms. The summed E-state index contributed by atoms with van der Waals surface area (Å²) in [6.45, 7) is 2.52. The van der Waals surface area contributed by atoms with E-state index >= 15 is 0 Å². The molecule has 0 saturated carbocycles. The molecule has 1 aliphatic heterocycles. The highest BCUT2D eigenvalue weighted by molar-refractivity contribution is 5.94. The van der Waals surface area contributed by atoms with Gasteiger partial charge in [-0.2, -0.15) is 5.10 Å². The molecule has 1 atom stereocenters. The number of carbonyl (C=O) groups is 1. The summed E-state index contributed by atoms with van der Waals surface area (Å²) < 4.78 is 1.84. The second kappa shape index (κ2) is 7.55. The minimum atomic E-state index is 0.123. The van der Waals surface area contributed by atoms with Crippen molar-refractivity contribution in [3.8, 4) is 0 Å². The van der Waals surface area contributed by atoms with Gasteiger partial charge in [-0.15, -0.1) is 0 Å². The normalized spacial score (nSPS) is 18.9. The lowest BCUT2D eigenvalue weighted by Gasteiger charge is -2.19. The Bertz CT molecular complexity index is 1060. The van der Waals surface area contributed by atoms with Crippen LogP contribution in [0.2, 0.25) is 0 Å². The molecule has 1 aromatic carbocycles. The van der Waals surface area contributed by atoms with Gasteiger partial charge in [-0.05, 0) is 55.4 Å². The Labute approximate surface area is 169 Å². The molecular weight excluding hydrogens is 364 g/mol. The summed E-state index contributed by atoms with van der Waals surface area (Å²) in [5.74, 6) is 0.299. The van der Waals surface area contributed by atoms with Crippen molar-refractivity contribution in [2.24, 2.45) is 5.73 Å². The molecule has 150 valence electrons. The number of nitrogens with two attached hydrogens (primary N) is 1. The second-order valence-electron chi connectivity index (χ2n) is 8.05. The zero-order chi connectivity index (χ0) is 19.8. The van der Waals surface area contributed by atoms with Crippen LogP contribution in [0, 0.1) is 0 Å². The van der Waals surface area contributed by atoms with Crippen LogP contribution in [0.4, 0.5) is 0 Å². The highest BCUT2D eigenvalue weighted by Gasteiger charge is 2.32. The van der Waals surface area contributed by atoms with Gasteiger partial charge in [0.2, 0.25) is 0 Å². The molecule has 1 amide bonds. The lowest BCUT2D eigenvalue weighted by atomic mass is 9.90. The fraction of sp³-hybridized carbons (Fsp3) is 0.455. The molecule has 3 heterocycles. The fourth-order valence-electron chi connectivity index (χ4n) is 4.70. The van der Waals surface area contributed by atoms with Crippen LogP contribution >= 0.6 is 0 Å². The molecule has 2 N–H and O–H groups in total. The van der Waals surface area contributed by atoms with Gasteiger partial charge in [-0.1, -0.05) is 6.07 Å². The number of hydrogen-bond donors (Lipinski definition) is 1. The molecule has 3 aromatic rings. The van der Waals surface area contributed by atoms with Crippen molar-refractivity contribution in [2.75, 3.05) is 19.6 Å². The first-order valence-electron chi connectivity index (χ1n) is 10.5. The monoisotopic (exact) mass is 390 g/mol. The molecule has 1 fully saturated rings. The number of aromatic nitrogens is 4. The van der Waals surface area contributed by atoms with Crippen molar-refractivity contribution in [3.63, 3.8) is 0 Å². The molecule has 0 radical (unpaired) electrons. The third-order valence-corrected chi connectivity index (χ3v) is 6.19. The molecule has 1 aliphatic carbocycles. The molecule has 0 spiro atoms. The van der Waals surface area contributed by atoms with Crippen molar-refractivity contribution in [2.45, 2.75) is 44.6 Å². The predicted molar refractivity (Wildman–Crippen MR) is 111 cm³/mol. The molecule has 2 aromatic heterocycles. The number of nitrogens with zero attached hydrogens (tertiary/aromatic N) is 5. The molecule has 7 heteroatoms. The topological polar surface area (TPSA) is 89.9 Å². The van der Waals surface area contributed by atoms with Gasteiger partial charge in [0.1, 0.15) is 5.52 Å². The summed E-state index contributed by atoms with van der Waals surface area (Å²) >= 11 is 0. The van der Waals surface area contributed by atoms with Crippen molar-refractivity contribution < 1.29 is 4.79 Å². The third kappa shape index (κ3) is 3.29. The SMILES string of the molecule is NCCn1nc([C@@H]2CCN(C(=O)c3ccc4c(c3)CCCC4)C2)c2nccnc21. The third-order valence-electron chi connectivity index (χ3n) is 6.19. The molecule has 0 unspecified atom stereocenters. The van der Waals surface area contributed by atoms with Crippen LogP contribution in [0.5, 0.6) is 0 Å². The number of likely N-dealkylation sites (tertiary alicyclic amines) is 1. The lowest BCUT2D eigenvalue weighted by molar-refractivity contribution is 0.0790. The van der Waals surface area contributed by atoms with Gasteiger partial charge < -0.3 is 10.6 Å². The van der Waals surface area contributed by atoms with Crippen molar-refractivity contribution in [3.05, 3.63) is 53.0 Å². The number of benzene rings is 1. The van der Waals surface area contributed by atoms with Crippen LogP contribution in [0.15, 0.2) is 30.6 Å². The van der Waals surface area contributed by atoms with Gasteiger partial charge >= 0.3 is 0 Å². The van der Waals surface area contributed by atoms with Crippen LogP contribution < -0.4 is 5.73 Å². The van der Waals surface area contributed by atoms with Crippen molar-refractivity contribution in [1.29, 1.82) is 0 Å². The first-order chi connectivity index (χ1) is 14.2. The van der Waals surface area contributed by atoms with E-state index in [1.165, 1.54) is 24.0 Å². The summed E-state index contributed by atoms with van der Waals surface area (Å²) in [5.41, 5.74) is 11.8. The summed E-state index contributed by atoms with van der Waals surface area (Å²) in [4.78, 5) is 24.0. The van der Waals surface area contributed by atoms with Crippen LogP contribution in [-0.2, 0) is 19.4 Å². The fourth-order valence-corrected chi connectivity index (χ4v) is 4.70. The summed E-state index contributed by atoms with van der Waals surface area (Å²) in [6.07, 6.45) is 8.96. The van der Waals surface area contributed by atoms with Gasteiger partial charge in [0, 0.05) is 43.5 Å². The van der Waals surface area contributed by atoms with Gasteiger partial charge in [-0.25, -0.2) is 14.6 Å². The van der Waals surface area contributed by atoms with Crippen LogP contribution in [0.1, 0.15) is 52.4 Å². The molecule has 5 rings (SSSR count). The van der Waals surface area contributed by atoms with E-state index in [-0.39, 0.29) is 11.8 Å². The number of rotatable bonds is 4. The molecule has 29 heavy (non-hydrogen) atoms. The van der Waals surface area contributed by atoms with E-state index < -0.39 is 0 Å². The molecule has 2 aliphatic rings. The Kier molecular flexibility index (Phi) is 4.75. The van der Waals surface area contributed by atoms with E-state index in [2.05, 4.69) is 22.1 Å². The Morgan fingerprint density at radius 1 is 1.14 bits per heavy atom. The van der Waals surface area contributed by atoms with E-state index in [1.807, 2.05) is 15.6 Å². The maximum absolute atomic E-state index is 13.1. The van der Waals surface area contributed by atoms with Crippen LogP contribution in [-0.4, -0.2) is 50.2 Å². The Balaban J connectivity index is 1.38. The number of hydrogen-bond acceptors (Lipinski definition) is 5. The second-order valence-corrected chi connectivity index (χ2v) is 8.05. The minimum absolute atomic E-state index is 0.123. The molecule has 7 nitrogen and oxygen atoms in total. The smallest absolute Gasteiger partial charge is 0.253 e. The zero-order valence-corrected chi connectivity index (χ0v) is 16.5. The number of fused-ring (bicyclic) bond motifs is 2. The minimum Gasteiger partial charge on any atom is -0.338 e. The quantitative estimate of drug-likeness (QED) is 0.738. The van der Waals surface area contributed by atoms with E-state index in [0.717, 1.165) is 48.2 Å². The first-order valence-corrected chi connectivity index (χ1v) is 10.5.